The SMILES string of the molecule is CC1CN(C(N)=O)C(C)(c2cnc(C3CC3)nc2)CN1. The summed E-state index contributed by atoms with van der Waals surface area (Å²) in [5.41, 5.74) is 5.99. The molecule has 0 bridgehead atoms. The predicted molar refractivity (Wildman–Crippen MR) is 75.1 cm³/mol. The third-order valence-electron chi connectivity index (χ3n) is 4.35. The van der Waals surface area contributed by atoms with Gasteiger partial charge in [0.05, 0.1) is 5.54 Å². The molecule has 1 aromatic heterocycles. The molecule has 2 fully saturated rings. The molecule has 2 unspecified atom stereocenters. The fraction of sp³-hybridized carbons (Fsp3) is 0.643. The molecule has 108 valence electrons. The lowest BCUT2D eigenvalue weighted by molar-refractivity contribution is 0.0875. The fourth-order valence-electron chi connectivity index (χ4n) is 2.77. The molecule has 1 aromatic rings. The minimum Gasteiger partial charge on any atom is -0.351 e. The van der Waals surface area contributed by atoms with E-state index in [9.17, 15) is 4.79 Å². The van der Waals surface area contributed by atoms with E-state index in [0.717, 1.165) is 11.4 Å². The van der Waals surface area contributed by atoms with Crippen molar-refractivity contribution < 1.29 is 4.79 Å². The summed E-state index contributed by atoms with van der Waals surface area (Å²) in [6.45, 7) is 5.30. The van der Waals surface area contributed by atoms with Crippen molar-refractivity contribution in [1.29, 1.82) is 0 Å². The first-order valence-corrected chi connectivity index (χ1v) is 7.13. The Morgan fingerprint density at radius 1 is 1.45 bits per heavy atom. The van der Waals surface area contributed by atoms with Crippen molar-refractivity contribution in [3.05, 3.63) is 23.8 Å². The van der Waals surface area contributed by atoms with Crippen LogP contribution in [0.4, 0.5) is 4.79 Å². The first-order chi connectivity index (χ1) is 9.50. The molecule has 0 spiro atoms. The highest BCUT2D eigenvalue weighted by atomic mass is 16.2. The molecule has 2 heterocycles. The number of carbonyl (C=O) groups excluding carboxylic acids is 1. The molecule has 2 aliphatic rings. The Labute approximate surface area is 118 Å². The number of carbonyl (C=O) groups is 1. The van der Waals surface area contributed by atoms with Crippen LogP contribution in [-0.2, 0) is 5.54 Å². The van der Waals surface area contributed by atoms with E-state index in [-0.39, 0.29) is 6.04 Å². The molecule has 20 heavy (non-hydrogen) atoms. The van der Waals surface area contributed by atoms with Gasteiger partial charge >= 0.3 is 6.03 Å². The molecule has 2 amide bonds. The summed E-state index contributed by atoms with van der Waals surface area (Å²) in [5.74, 6) is 1.45. The summed E-state index contributed by atoms with van der Waals surface area (Å²) in [4.78, 5) is 22.4. The van der Waals surface area contributed by atoms with Crippen LogP contribution in [0.5, 0.6) is 0 Å². The quantitative estimate of drug-likeness (QED) is 0.841. The van der Waals surface area contributed by atoms with Crippen molar-refractivity contribution in [2.75, 3.05) is 13.1 Å². The van der Waals surface area contributed by atoms with Crippen LogP contribution in [-0.4, -0.2) is 40.0 Å². The highest BCUT2D eigenvalue weighted by Gasteiger charge is 2.41. The first kappa shape index (κ1) is 13.3. The average molecular weight is 275 g/mol. The van der Waals surface area contributed by atoms with E-state index in [0.29, 0.717) is 19.0 Å². The van der Waals surface area contributed by atoms with Crippen molar-refractivity contribution in [3.8, 4) is 0 Å². The number of aromatic nitrogens is 2. The van der Waals surface area contributed by atoms with Gasteiger partial charge in [0.2, 0.25) is 0 Å². The molecule has 1 saturated heterocycles. The first-order valence-electron chi connectivity index (χ1n) is 7.13. The Morgan fingerprint density at radius 2 is 2.10 bits per heavy atom. The van der Waals surface area contributed by atoms with Crippen LogP contribution in [0.2, 0.25) is 0 Å². The van der Waals surface area contributed by atoms with Gasteiger partial charge in [0.25, 0.3) is 0 Å². The van der Waals surface area contributed by atoms with Gasteiger partial charge in [-0.05, 0) is 26.7 Å². The van der Waals surface area contributed by atoms with Crippen LogP contribution in [0.15, 0.2) is 12.4 Å². The Balaban J connectivity index is 1.89. The summed E-state index contributed by atoms with van der Waals surface area (Å²) in [7, 11) is 0. The summed E-state index contributed by atoms with van der Waals surface area (Å²) in [6.07, 6.45) is 6.05. The number of nitrogens with zero attached hydrogens (tertiary/aromatic N) is 3. The largest absolute Gasteiger partial charge is 0.351 e. The number of nitrogens with one attached hydrogen (secondary N) is 1. The summed E-state index contributed by atoms with van der Waals surface area (Å²) in [5, 5.41) is 3.40. The third-order valence-corrected chi connectivity index (χ3v) is 4.35. The maximum atomic E-state index is 11.8. The molecule has 1 saturated carbocycles. The van der Waals surface area contributed by atoms with Gasteiger partial charge in [0.1, 0.15) is 5.82 Å². The van der Waals surface area contributed by atoms with E-state index < -0.39 is 11.6 Å². The molecular weight excluding hydrogens is 254 g/mol. The van der Waals surface area contributed by atoms with E-state index in [2.05, 4.69) is 15.3 Å². The van der Waals surface area contributed by atoms with Crippen LogP contribution < -0.4 is 11.1 Å². The van der Waals surface area contributed by atoms with Gasteiger partial charge in [0.15, 0.2) is 0 Å². The van der Waals surface area contributed by atoms with Crippen LogP contribution in [0, 0.1) is 0 Å². The third kappa shape index (κ3) is 2.24. The van der Waals surface area contributed by atoms with Crippen LogP contribution in [0.1, 0.15) is 44.0 Å². The molecule has 2 atom stereocenters. The average Bonchev–Trinajstić information content (AvgIpc) is 3.26. The van der Waals surface area contributed by atoms with E-state index in [1.165, 1.54) is 12.8 Å². The van der Waals surface area contributed by atoms with E-state index in [4.69, 9.17) is 5.73 Å². The fourth-order valence-corrected chi connectivity index (χ4v) is 2.77. The number of rotatable bonds is 2. The number of piperazine rings is 1. The normalized spacial score (nSPS) is 30.3. The second-order valence-electron chi connectivity index (χ2n) is 6.11. The van der Waals surface area contributed by atoms with Gasteiger partial charge in [-0.15, -0.1) is 0 Å². The van der Waals surface area contributed by atoms with Crippen molar-refractivity contribution in [3.63, 3.8) is 0 Å². The summed E-state index contributed by atoms with van der Waals surface area (Å²) in [6, 6.07) is -0.158. The number of hydrogen-bond acceptors (Lipinski definition) is 4. The molecule has 1 aliphatic heterocycles. The van der Waals surface area contributed by atoms with Gasteiger partial charge < -0.3 is 16.0 Å². The number of amides is 2. The summed E-state index contributed by atoms with van der Waals surface area (Å²) >= 11 is 0. The minimum atomic E-state index is -0.486. The number of primary amides is 1. The lowest BCUT2D eigenvalue weighted by Gasteiger charge is -2.46. The zero-order valence-corrected chi connectivity index (χ0v) is 12.0. The van der Waals surface area contributed by atoms with Gasteiger partial charge in [-0.2, -0.15) is 0 Å². The molecule has 3 N–H and O–H groups in total. The molecule has 0 radical (unpaired) electrons. The van der Waals surface area contributed by atoms with Crippen molar-refractivity contribution in [1.82, 2.24) is 20.2 Å². The highest BCUT2D eigenvalue weighted by Crippen LogP contribution is 2.38. The highest BCUT2D eigenvalue weighted by molar-refractivity contribution is 5.73. The number of urea groups is 1. The van der Waals surface area contributed by atoms with Crippen molar-refractivity contribution in [2.24, 2.45) is 5.73 Å². The second-order valence-corrected chi connectivity index (χ2v) is 6.11. The zero-order valence-electron chi connectivity index (χ0n) is 12.0. The molecule has 1 aliphatic carbocycles. The van der Waals surface area contributed by atoms with Crippen molar-refractivity contribution >= 4 is 6.03 Å². The molecule has 0 aromatic carbocycles. The van der Waals surface area contributed by atoms with Gasteiger partial charge in [-0.25, -0.2) is 14.8 Å². The Bertz CT molecular complexity index is 513. The van der Waals surface area contributed by atoms with E-state index in [1.807, 2.05) is 26.2 Å². The lowest BCUT2D eigenvalue weighted by Crippen LogP contribution is -2.63. The zero-order chi connectivity index (χ0) is 14.3. The summed E-state index contributed by atoms with van der Waals surface area (Å²) < 4.78 is 0. The maximum Gasteiger partial charge on any atom is 0.315 e. The van der Waals surface area contributed by atoms with Crippen LogP contribution in [0.25, 0.3) is 0 Å². The van der Waals surface area contributed by atoms with E-state index in [1.54, 1.807) is 4.90 Å². The number of hydrogen-bond donors (Lipinski definition) is 2. The topological polar surface area (TPSA) is 84.1 Å². The van der Waals surface area contributed by atoms with Gasteiger partial charge in [-0.3, -0.25) is 0 Å². The second kappa shape index (κ2) is 4.70. The minimum absolute atomic E-state index is 0.238. The molecular formula is C14H21N5O. The van der Waals surface area contributed by atoms with Gasteiger partial charge in [-0.1, -0.05) is 0 Å². The van der Waals surface area contributed by atoms with E-state index >= 15 is 0 Å². The molecule has 6 heteroatoms. The Hall–Kier alpha value is -1.69. The smallest absolute Gasteiger partial charge is 0.315 e. The van der Waals surface area contributed by atoms with Gasteiger partial charge in [0, 0.05) is 43.0 Å². The predicted octanol–water partition coefficient (Wildman–Crippen LogP) is 0.942. The lowest BCUT2D eigenvalue weighted by atomic mass is 9.89. The van der Waals surface area contributed by atoms with Crippen LogP contribution >= 0.6 is 0 Å². The Morgan fingerprint density at radius 3 is 2.65 bits per heavy atom. The van der Waals surface area contributed by atoms with Crippen LogP contribution in [0.3, 0.4) is 0 Å². The molecule has 6 nitrogen and oxygen atoms in total. The Kier molecular flexibility index (Phi) is 3.12. The monoisotopic (exact) mass is 275 g/mol. The maximum absolute atomic E-state index is 11.8. The number of nitrogens with two attached hydrogens (primary N) is 1. The molecule has 3 rings (SSSR count). The van der Waals surface area contributed by atoms with Crippen molar-refractivity contribution in [2.45, 2.75) is 44.2 Å². The standard InChI is InChI=1S/C14H21N5O/c1-9-7-19(13(15)20)14(2,8-18-9)11-5-16-12(17-6-11)10-3-4-10/h5-6,9-10,18H,3-4,7-8H2,1-2H3,(H2,15,20).